The van der Waals surface area contributed by atoms with Crippen molar-refractivity contribution < 1.29 is 4.39 Å². The molecule has 16 heavy (non-hydrogen) atoms. The van der Waals surface area contributed by atoms with Crippen molar-refractivity contribution in [2.75, 3.05) is 0 Å². The zero-order valence-electron chi connectivity index (χ0n) is 9.11. The van der Waals surface area contributed by atoms with Gasteiger partial charge in [-0.1, -0.05) is 25.4 Å². The van der Waals surface area contributed by atoms with Crippen LogP contribution in [0.5, 0.6) is 0 Å². The monoisotopic (exact) mass is 238 g/mol. The van der Waals surface area contributed by atoms with Gasteiger partial charge in [0.15, 0.2) is 0 Å². The third-order valence-corrected chi connectivity index (χ3v) is 2.60. The first-order chi connectivity index (χ1) is 7.56. The van der Waals surface area contributed by atoms with Gasteiger partial charge in [0.05, 0.1) is 11.9 Å². The van der Waals surface area contributed by atoms with Crippen LogP contribution in [0.15, 0.2) is 30.6 Å². The predicted octanol–water partition coefficient (Wildman–Crippen LogP) is 3.79. The Balaban J connectivity index is 2.42. The summed E-state index contributed by atoms with van der Waals surface area (Å²) in [5.41, 5.74) is 1.75. The summed E-state index contributed by atoms with van der Waals surface area (Å²) in [5.74, 6) is 0.0434. The summed E-state index contributed by atoms with van der Waals surface area (Å²) in [6.45, 7) is 4.17. The maximum atomic E-state index is 13.2. The first-order valence-electron chi connectivity index (χ1n) is 5.07. The Morgan fingerprint density at radius 1 is 1.31 bits per heavy atom. The van der Waals surface area contributed by atoms with E-state index in [2.05, 4.69) is 18.9 Å². The second kappa shape index (κ2) is 4.26. The van der Waals surface area contributed by atoms with Gasteiger partial charge in [-0.2, -0.15) is 5.10 Å². The van der Waals surface area contributed by atoms with Crippen LogP contribution in [0.4, 0.5) is 4.39 Å². The second-order valence-electron chi connectivity index (χ2n) is 4.00. The Kier molecular flexibility index (Phi) is 2.97. The lowest BCUT2D eigenvalue weighted by atomic mass is 10.1. The van der Waals surface area contributed by atoms with Crippen molar-refractivity contribution in [3.8, 4) is 5.69 Å². The normalized spacial score (nSPS) is 11.1. The molecule has 84 valence electrons. The van der Waals surface area contributed by atoms with Gasteiger partial charge in [-0.15, -0.1) is 0 Å². The average molecular weight is 239 g/mol. The summed E-state index contributed by atoms with van der Waals surface area (Å²) in [7, 11) is 0. The lowest BCUT2D eigenvalue weighted by Crippen LogP contribution is -1.95. The first-order valence-corrected chi connectivity index (χ1v) is 5.45. The number of hydrogen-bond donors (Lipinski definition) is 0. The number of aromatic nitrogens is 2. The molecule has 1 aromatic carbocycles. The number of hydrogen-bond acceptors (Lipinski definition) is 1. The average Bonchev–Trinajstić information content (AvgIpc) is 2.64. The van der Waals surface area contributed by atoms with E-state index in [-0.39, 0.29) is 5.82 Å². The molecule has 0 bridgehead atoms. The van der Waals surface area contributed by atoms with E-state index in [0.717, 1.165) is 5.56 Å². The van der Waals surface area contributed by atoms with E-state index in [4.69, 9.17) is 11.6 Å². The van der Waals surface area contributed by atoms with Gasteiger partial charge in [0.1, 0.15) is 5.82 Å². The third-order valence-electron chi connectivity index (χ3n) is 2.38. The Morgan fingerprint density at radius 3 is 2.62 bits per heavy atom. The van der Waals surface area contributed by atoms with Gasteiger partial charge in [-0.05, 0) is 29.7 Å². The summed E-state index contributed by atoms with van der Waals surface area (Å²) in [6.07, 6.45) is 3.67. The van der Waals surface area contributed by atoms with E-state index in [1.807, 2.05) is 6.20 Å². The molecule has 2 aromatic rings. The highest BCUT2D eigenvalue weighted by Crippen LogP contribution is 2.19. The zero-order chi connectivity index (χ0) is 11.7. The van der Waals surface area contributed by atoms with Crippen molar-refractivity contribution in [3.05, 3.63) is 47.0 Å². The van der Waals surface area contributed by atoms with Crippen LogP contribution in [0.2, 0.25) is 5.02 Å². The summed E-state index contributed by atoms with van der Waals surface area (Å²) in [6, 6.07) is 4.36. The highest BCUT2D eigenvalue weighted by molar-refractivity contribution is 6.30. The van der Waals surface area contributed by atoms with Gasteiger partial charge in [0, 0.05) is 11.2 Å². The summed E-state index contributed by atoms with van der Waals surface area (Å²) in [4.78, 5) is 0. The Hall–Kier alpha value is -1.35. The fraction of sp³-hybridized carbons (Fsp3) is 0.250. The maximum absolute atomic E-state index is 13.2. The van der Waals surface area contributed by atoms with Crippen LogP contribution in [0.3, 0.4) is 0 Å². The molecule has 0 aliphatic heterocycles. The number of nitrogens with zero attached hydrogens (tertiary/aromatic N) is 2. The van der Waals surface area contributed by atoms with Crippen molar-refractivity contribution in [3.63, 3.8) is 0 Å². The smallest absolute Gasteiger partial charge is 0.126 e. The predicted molar refractivity (Wildman–Crippen MR) is 62.6 cm³/mol. The van der Waals surface area contributed by atoms with Gasteiger partial charge in [0.2, 0.25) is 0 Å². The highest BCUT2D eigenvalue weighted by Gasteiger charge is 2.06. The first kappa shape index (κ1) is 11.1. The minimum atomic E-state index is -0.357. The minimum Gasteiger partial charge on any atom is -0.241 e. The SMILES string of the molecule is CC(C)c1cnn(-c2cc(F)cc(Cl)c2)c1. The number of halogens is 2. The molecule has 0 saturated heterocycles. The van der Waals surface area contributed by atoms with Gasteiger partial charge in [-0.3, -0.25) is 0 Å². The molecule has 0 aliphatic rings. The van der Waals surface area contributed by atoms with E-state index >= 15 is 0 Å². The molecule has 0 atom stereocenters. The summed E-state index contributed by atoms with van der Waals surface area (Å²) < 4.78 is 14.8. The quantitative estimate of drug-likeness (QED) is 0.778. The highest BCUT2D eigenvalue weighted by atomic mass is 35.5. The molecule has 0 saturated carbocycles. The lowest BCUT2D eigenvalue weighted by molar-refractivity contribution is 0.625. The van der Waals surface area contributed by atoms with Gasteiger partial charge < -0.3 is 0 Å². The molecule has 1 heterocycles. The van der Waals surface area contributed by atoms with Crippen LogP contribution in [0.1, 0.15) is 25.3 Å². The molecule has 2 rings (SSSR count). The molecule has 0 unspecified atom stereocenters. The van der Waals surface area contributed by atoms with E-state index < -0.39 is 0 Å². The van der Waals surface area contributed by atoms with Crippen LogP contribution < -0.4 is 0 Å². The van der Waals surface area contributed by atoms with Crippen LogP contribution >= 0.6 is 11.6 Å². The summed E-state index contributed by atoms with van der Waals surface area (Å²) >= 11 is 5.79. The van der Waals surface area contributed by atoms with Crippen molar-refractivity contribution >= 4 is 11.6 Å². The van der Waals surface area contributed by atoms with E-state index in [9.17, 15) is 4.39 Å². The fourth-order valence-corrected chi connectivity index (χ4v) is 1.66. The third kappa shape index (κ3) is 2.25. The lowest BCUT2D eigenvalue weighted by Gasteiger charge is -2.02. The maximum Gasteiger partial charge on any atom is 0.126 e. The van der Waals surface area contributed by atoms with Crippen molar-refractivity contribution in [2.45, 2.75) is 19.8 Å². The van der Waals surface area contributed by atoms with Crippen molar-refractivity contribution in [2.24, 2.45) is 0 Å². The van der Waals surface area contributed by atoms with Crippen LogP contribution in [-0.4, -0.2) is 9.78 Å². The molecule has 1 aromatic heterocycles. The van der Waals surface area contributed by atoms with Crippen molar-refractivity contribution in [1.82, 2.24) is 9.78 Å². The van der Waals surface area contributed by atoms with E-state index in [1.54, 1.807) is 16.9 Å². The molecule has 0 fully saturated rings. The second-order valence-corrected chi connectivity index (χ2v) is 4.44. The molecular formula is C12H12ClFN2. The zero-order valence-corrected chi connectivity index (χ0v) is 9.87. The molecule has 0 radical (unpaired) electrons. The van der Waals surface area contributed by atoms with Crippen molar-refractivity contribution in [1.29, 1.82) is 0 Å². The molecular weight excluding hydrogens is 227 g/mol. The minimum absolute atomic E-state index is 0.357. The van der Waals surface area contributed by atoms with Crippen LogP contribution in [-0.2, 0) is 0 Å². The van der Waals surface area contributed by atoms with Crippen LogP contribution in [0, 0.1) is 5.82 Å². The molecule has 0 N–H and O–H groups in total. The number of rotatable bonds is 2. The Labute approximate surface area is 98.7 Å². The molecule has 2 nitrogen and oxygen atoms in total. The standard InChI is InChI=1S/C12H12ClFN2/c1-8(2)9-6-15-16(7-9)12-4-10(13)3-11(14)5-12/h3-8H,1-2H3. The van der Waals surface area contributed by atoms with Gasteiger partial charge in [-0.25, -0.2) is 9.07 Å². The molecule has 0 spiro atoms. The van der Waals surface area contributed by atoms with Gasteiger partial charge in [0.25, 0.3) is 0 Å². The topological polar surface area (TPSA) is 17.8 Å². The van der Waals surface area contributed by atoms with E-state index in [0.29, 0.717) is 16.6 Å². The van der Waals surface area contributed by atoms with E-state index in [1.165, 1.54) is 12.1 Å². The molecule has 0 amide bonds. The largest absolute Gasteiger partial charge is 0.241 e. The fourth-order valence-electron chi connectivity index (χ4n) is 1.45. The molecule has 0 aliphatic carbocycles. The van der Waals surface area contributed by atoms with Gasteiger partial charge >= 0.3 is 0 Å². The summed E-state index contributed by atoms with van der Waals surface area (Å²) in [5, 5.41) is 4.55. The Morgan fingerprint density at radius 2 is 2.06 bits per heavy atom. The molecule has 4 heteroatoms. The Bertz CT molecular complexity index is 485. The number of benzene rings is 1. The van der Waals surface area contributed by atoms with Crippen LogP contribution in [0.25, 0.3) is 5.69 Å².